The second-order valence-electron chi connectivity index (χ2n) is 5.45. The molecule has 0 radical (unpaired) electrons. The number of hydrogen-bond acceptors (Lipinski definition) is 4. The number of carbonyl (C=O) groups excluding carboxylic acids is 3. The standard InChI is InChI=1S/C19H18ClNO4/c1-13-4-2-3-5-16(13)21-18(23)10-11-19(24)25-12-17(22)14-6-8-15(20)9-7-14/h2-9H,10-12H2,1H3,(H,21,23). The lowest BCUT2D eigenvalue weighted by Gasteiger charge is -2.08. The van der Waals surface area contributed by atoms with Gasteiger partial charge in [0.2, 0.25) is 5.91 Å². The van der Waals surface area contributed by atoms with Crippen molar-refractivity contribution >= 4 is 34.9 Å². The van der Waals surface area contributed by atoms with E-state index in [4.69, 9.17) is 16.3 Å². The minimum atomic E-state index is -0.595. The van der Waals surface area contributed by atoms with Gasteiger partial charge in [0.05, 0.1) is 6.42 Å². The summed E-state index contributed by atoms with van der Waals surface area (Å²) in [5.74, 6) is -1.20. The molecule has 130 valence electrons. The number of rotatable bonds is 7. The maximum absolute atomic E-state index is 11.9. The maximum atomic E-state index is 11.9. The number of ketones is 1. The first-order chi connectivity index (χ1) is 12.0. The van der Waals surface area contributed by atoms with E-state index >= 15 is 0 Å². The van der Waals surface area contributed by atoms with E-state index in [1.165, 1.54) is 0 Å². The average molecular weight is 360 g/mol. The van der Waals surface area contributed by atoms with Crippen molar-refractivity contribution in [3.8, 4) is 0 Å². The van der Waals surface area contributed by atoms with Gasteiger partial charge < -0.3 is 10.1 Å². The number of anilines is 1. The first kappa shape index (κ1) is 18.7. The molecule has 0 bridgehead atoms. The van der Waals surface area contributed by atoms with Crippen molar-refractivity contribution in [2.45, 2.75) is 19.8 Å². The van der Waals surface area contributed by atoms with Gasteiger partial charge in [0.15, 0.2) is 12.4 Å². The van der Waals surface area contributed by atoms with Gasteiger partial charge in [-0.05, 0) is 42.8 Å². The lowest BCUT2D eigenvalue weighted by Crippen LogP contribution is -2.17. The molecule has 0 saturated carbocycles. The number of carbonyl (C=O) groups is 3. The van der Waals surface area contributed by atoms with Crippen LogP contribution in [0.15, 0.2) is 48.5 Å². The molecule has 6 heteroatoms. The summed E-state index contributed by atoms with van der Waals surface area (Å²) in [6.07, 6.45) is -0.103. The fourth-order valence-corrected chi connectivity index (χ4v) is 2.20. The van der Waals surface area contributed by atoms with Crippen molar-refractivity contribution < 1.29 is 19.1 Å². The Morgan fingerprint density at radius 3 is 2.36 bits per heavy atom. The van der Waals surface area contributed by atoms with Crippen LogP contribution in [-0.4, -0.2) is 24.3 Å². The molecule has 0 fully saturated rings. The monoisotopic (exact) mass is 359 g/mol. The molecular formula is C19H18ClNO4. The molecule has 0 aromatic heterocycles. The molecule has 2 aromatic rings. The third kappa shape index (κ3) is 6.04. The van der Waals surface area contributed by atoms with Crippen molar-refractivity contribution in [1.29, 1.82) is 0 Å². The van der Waals surface area contributed by atoms with Gasteiger partial charge in [0, 0.05) is 22.7 Å². The molecule has 0 heterocycles. The lowest BCUT2D eigenvalue weighted by molar-refractivity contribution is -0.143. The molecule has 0 unspecified atom stereocenters. The van der Waals surface area contributed by atoms with Crippen LogP contribution in [0.4, 0.5) is 5.69 Å². The number of para-hydroxylation sites is 1. The minimum absolute atomic E-state index is 0.0116. The molecule has 0 aliphatic heterocycles. The largest absolute Gasteiger partial charge is 0.457 e. The molecule has 0 saturated heterocycles. The number of ether oxygens (including phenoxy) is 1. The number of esters is 1. The third-order valence-corrected chi connectivity index (χ3v) is 3.76. The Bertz CT molecular complexity index is 771. The zero-order valence-electron chi connectivity index (χ0n) is 13.8. The third-order valence-electron chi connectivity index (χ3n) is 3.51. The molecule has 2 aromatic carbocycles. The second-order valence-corrected chi connectivity index (χ2v) is 5.89. The Hall–Kier alpha value is -2.66. The van der Waals surface area contributed by atoms with E-state index < -0.39 is 5.97 Å². The summed E-state index contributed by atoms with van der Waals surface area (Å²) in [5, 5.41) is 3.26. The van der Waals surface area contributed by atoms with Crippen molar-refractivity contribution in [1.82, 2.24) is 0 Å². The van der Waals surface area contributed by atoms with Gasteiger partial charge in [0.25, 0.3) is 0 Å². The van der Waals surface area contributed by atoms with E-state index in [1.54, 1.807) is 30.3 Å². The molecule has 0 aliphatic carbocycles. The Balaban J connectivity index is 1.73. The summed E-state index contributed by atoms with van der Waals surface area (Å²) in [4.78, 5) is 35.4. The summed E-state index contributed by atoms with van der Waals surface area (Å²) < 4.78 is 4.91. The molecule has 25 heavy (non-hydrogen) atoms. The maximum Gasteiger partial charge on any atom is 0.306 e. The van der Waals surface area contributed by atoms with Crippen LogP contribution in [0.5, 0.6) is 0 Å². The smallest absolute Gasteiger partial charge is 0.306 e. The molecule has 1 N–H and O–H groups in total. The zero-order chi connectivity index (χ0) is 18.2. The molecule has 0 spiro atoms. The van der Waals surface area contributed by atoms with Crippen LogP contribution in [0.1, 0.15) is 28.8 Å². The number of halogens is 1. The van der Waals surface area contributed by atoms with E-state index in [9.17, 15) is 14.4 Å². The number of hydrogen-bond donors (Lipinski definition) is 1. The molecule has 5 nitrogen and oxygen atoms in total. The van der Waals surface area contributed by atoms with Gasteiger partial charge in [-0.2, -0.15) is 0 Å². The summed E-state index contributed by atoms with van der Waals surface area (Å²) in [5.41, 5.74) is 2.06. The first-order valence-electron chi connectivity index (χ1n) is 7.75. The van der Waals surface area contributed by atoms with Crippen molar-refractivity contribution in [3.05, 3.63) is 64.7 Å². The number of nitrogens with one attached hydrogen (secondary N) is 1. The number of benzene rings is 2. The Labute approximate surface area is 150 Å². The summed E-state index contributed by atoms with van der Waals surface area (Å²) >= 11 is 5.75. The normalized spacial score (nSPS) is 10.2. The highest BCUT2D eigenvalue weighted by atomic mass is 35.5. The molecular weight excluding hydrogens is 342 g/mol. The van der Waals surface area contributed by atoms with Crippen LogP contribution in [0.25, 0.3) is 0 Å². The minimum Gasteiger partial charge on any atom is -0.457 e. The summed E-state index contributed by atoms with van der Waals surface area (Å²) in [7, 11) is 0. The molecule has 0 atom stereocenters. The topological polar surface area (TPSA) is 72.5 Å². The zero-order valence-corrected chi connectivity index (χ0v) is 14.5. The van der Waals surface area contributed by atoms with Gasteiger partial charge in [-0.15, -0.1) is 0 Å². The van der Waals surface area contributed by atoms with Gasteiger partial charge in [0.1, 0.15) is 0 Å². The number of amides is 1. The summed E-state index contributed by atoms with van der Waals surface area (Å²) in [6, 6.07) is 13.7. The second kappa shape index (κ2) is 8.99. The van der Waals surface area contributed by atoms with Crippen molar-refractivity contribution in [2.75, 3.05) is 11.9 Å². The van der Waals surface area contributed by atoms with E-state index in [0.29, 0.717) is 16.3 Å². The quantitative estimate of drug-likeness (QED) is 0.603. The SMILES string of the molecule is Cc1ccccc1NC(=O)CCC(=O)OCC(=O)c1ccc(Cl)cc1. The Morgan fingerprint density at radius 1 is 1.00 bits per heavy atom. The first-order valence-corrected chi connectivity index (χ1v) is 8.13. The number of aryl methyl sites for hydroxylation is 1. The van der Waals surface area contributed by atoms with Gasteiger partial charge >= 0.3 is 5.97 Å². The van der Waals surface area contributed by atoms with Crippen molar-refractivity contribution in [2.24, 2.45) is 0 Å². The van der Waals surface area contributed by atoms with Gasteiger partial charge in [-0.3, -0.25) is 14.4 Å². The van der Waals surface area contributed by atoms with Crippen LogP contribution < -0.4 is 5.32 Å². The molecule has 1 amide bonds. The Morgan fingerprint density at radius 2 is 1.68 bits per heavy atom. The highest BCUT2D eigenvalue weighted by Crippen LogP contribution is 2.14. The van der Waals surface area contributed by atoms with Crippen LogP contribution in [0.2, 0.25) is 5.02 Å². The predicted octanol–water partition coefficient (Wildman–Crippen LogP) is 3.79. The number of Topliss-reactive ketones (excluding diaryl/α,β-unsaturated/α-hetero) is 1. The van der Waals surface area contributed by atoms with Crippen LogP contribution in [0.3, 0.4) is 0 Å². The average Bonchev–Trinajstić information content (AvgIpc) is 2.60. The van der Waals surface area contributed by atoms with Gasteiger partial charge in [-0.1, -0.05) is 29.8 Å². The van der Waals surface area contributed by atoms with Gasteiger partial charge in [-0.25, -0.2) is 0 Å². The molecule has 2 rings (SSSR count). The lowest BCUT2D eigenvalue weighted by atomic mass is 10.1. The van der Waals surface area contributed by atoms with Crippen LogP contribution in [-0.2, 0) is 14.3 Å². The highest BCUT2D eigenvalue weighted by molar-refractivity contribution is 6.30. The van der Waals surface area contributed by atoms with E-state index in [1.807, 2.05) is 25.1 Å². The highest BCUT2D eigenvalue weighted by Gasteiger charge is 2.12. The fraction of sp³-hybridized carbons (Fsp3) is 0.211. The van der Waals surface area contributed by atoms with Crippen LogP contribution >= 0.6 is 11.6 Å². The van der Waals surface area contributed by atoms with E-state index in [2.05, 4.69) is 5.32 Å². The van der Waals surface area contributed by atoms with Crippen molar-refractivity contribution in [3.63, 3.8) is 0 Å². The molecule has 0 aliphatic rings. The fourth-order valence-electron chi connectivity index (χ4n) is 2.08. The van der Waals surface area contributed by atoms with E-state index in [-0.39, 0.29) is 31.1 Å². The van der Waals surface area contributed by atoms with E-state index in [0.717, 1.165) is 5.56 Å². The summed E-state index contributed by atoms with van der Waals surface area (Å²) in [6.45, 7) is 1.52. The Kier molecular flexibility index (Phi) is 6.71. The predicted molar refractivity (Wildman–Crippen MR) is 95.8 cm³/mol. The van der Waals surface area contributed by atoms with Crippen LogP contribution in [0, 0.1) is 6.92 Å².